The number of nitrogens with one attached hydrogen (secondary N) is 2. The highest BCUT2D eigenvalue weighted by Gasteiger charge is 2.12. The first-order valence-corrected chi connectivity index (χ1v) is 3.75. The van der Waals surface area contributed by atoms with E-state index in [0.717, 1.165) is 0 Å². The zero-order valence-corrected chi connectivity index (χ0v) is 7.37. The molecule has 1 aromatic rings. The second-order valence-electron chi connectivity index (χ2n) is 2.44. The van der Waals surface area contributed by atoms with Crippen molar-refractivity contribution >= 4 is 18.1 Å². The highest BCUT2D eigenvalue weighted by Crippen LogP contribution is 2.07. The van der Waals surface area contributed by atoms with E-state index in [4.69, 9.17) is 4.42 Å². The SMILES string of the molecule is CC(=O)c1ccc(C(=O)NNC=O)o1. The van der Waals surface area contributed by atoms with Gasteiger partial charge >= 0.3 is 5.91 Å². The monoisotopic (exact) mass is 196 g/mol. The Morgan fingerprint density at radius 1 is 1.36 bits per heavy atom. The molecule has 6 nitrogen and oxygen atoms in total. The summed E-state index contributed by atoms with van der Waals surface area (Å²) >= 11 is 0. The molecule has 1 heterocycles. The Morgan fingerprint density at radius 2 is 2.00 bits per heavy atom. The summed E-state index contributed by atoms with van der Waals surface area (Å²) in [6, 6.07) is 2.73. The molecule has 1 rings (SSSR count). The van der Waals surface area contributed by atoms with Crippen LogP contribution in [0.3, 0.4) is 0 Å². The molecule has 2 amide bonds. The first-order valence-electron chi connectivity index (χ1n) is 3.75. The van der Waals surface area contributed by atoms with Crippen molar-refractivity contribution in [3.05, 3.63) is 23.7 Å². The number of rotatable bonds is 4. The van der Waals surface area contributed by atoms with Crippen LogP contribution >= 0.6 is 0 Å². The first kappa shape index (κ1) is 9.97. The minimum atomic E-state index is -0.621. The number of amides is 2. The van der Waals surface area contributed by atoms with Gasteiger partial charge in [0.1, 0.15) is 0 Å². The van der Waals surface area contributed by atoms with Gasteiger partial charge in [-0.3, -0.25) is 25.2 Å². The van der Waals surface area contributed by atoms with Gasteiger partial charge in [0.15, 0.2) is 17.3 Å². The number of carbonyl (C=O) groups excluding carboxylic acids is 3. The third-order valence-corrected chi connectivity index (χ3v) is 1.42. The van der Waals surface area contributed by atoms with E-state index in [2.05, 4.69) is 0 Å². The van der Waals surface area contributed by atoms with Crippen molar-refractivity contribution in [2.24, 2.45) is 0 Å². The van der Waals surface area contributed by atoms with Crippen LogP contribution in [-0.4, -0.2) is 18.1 Å². The molecule has 1 aromatic heterocycles. The van der Waals surface area contributed by atoms with Crippen molar-refractivity contribution < 1.29 is 18.8 Å². The maximum Gasteiger partial charge on any atom is 0.305 e. The lowest BCUT2D eigenvalue weighted by molar-refractivity contribution is -0.110. The van der Waals surface area contributed by atoms with E-state index in [0.29, 0.717) is 6.41 Å². The van der Waals surface area contributed by atoms with E-state index in [1.807, 2.05) is 10.9 Å². The highest BCUT2D eigenvalue weighted by atomic mass is 16.4. The summed E-state index contributed by atoms with van der Waals surface area (Å²) in [5.74, 6) is -0.831. The molecular weight excluding hydrogens is 188 g/mol. The molecule has 14 heavy (non-hydrogen) atoms. The largest absolute Gasteiger partial charge is 0.448 e. The predicted molar refractivity (Wildman–Crippen MR) is 45.4 cm³/mol. The maximum absolute atomic E-state index is 11.1. The summed E-state index contributed by atoms with van der Waals surface area (Å²) in [5.41, 5.74) is 4.00. The van der Waals surface area contributed by atoms with Gasteiger partial charge < -0.3 is 4.42 Å². The molecule has 0 unspecified atom stereocenters. The highest BCUT2D eigenvalue weighted by molar-refractivity contribution is 5.95. The minimum absolute atomic E-state index is 0.0375. The third kappa shape index (κ3) is 2.19. The van der Waals surface area contributed by atoms with Crippen LogP contribution in [0.2, 0.25) is 0 Å². The second kappa shape index (κ2) is 4.22. The average molecular weight is 196 g/mol. The standard InChI is InChI=1S/C8H8N2O4/c1-5(12)6-2-3-7(14-6)8(13)10-9-4-11/h2-4H,1H3,(H,9,11)(H,10,13). The molecule has 0 fully saturated rings. The van der Waals surface area contributed by atoms with E-state index >= 15 is 0 Å². The minimum Gasteiger partial charge on any atom is -0.448 e. The van der Waals surface area contributed by atoms with E-state index in [1.165, 1.54) is 19.1 Å². The molecule has 2 N–H and O–H groups in total. The zero-order chi connectivity index (χ0) is 10.6. The number of Topliss-reactive ketones (excluding diaryl/α,β-unsaturated/α-hetero) is 1. The van der Waals surface area contributed by atoms with Crippen LogP contribution in [0.1, 0.15) is 28.0 Å². The second-order valence-corrected chi connectivity index (χ2v) is 2.44. The molecule has 0 saturated carbocycles. The first-order chi connectivity index (χ1) is 6.65. The van der Waals surface area contributed by atoms with Crippen LogP contribution < -0.4 is 10.9 Å². The van der Waals surface area contributed by atoms with Crippen LogP contribution in [-0.2, 0) is 4.79 Å². The molecule has 0 aliphatic carbocycles. The Bertz CT molecular complexity index is 369. The van der Waals surface area contributed by atoms with Crippen molar-refractivity contribution in [2.45, 2.75) is 6.92 Å². The van der Waals surface area contributed by atoms with Gasteiger partial charge in [0.05, 0.1) is 0 Å². The van der Waals surface area contributed by atoms with Gasteiger partial charge in [0.25, 0.3) is 0 Å². The molecule has 6 heteroatoms. The third-order valence-electron chi connectivity index (χ3n) is 1.42. The van der Waals surface area contributed by atoms with E-state index < -0.39 is 5.91 Å². The fourth-order valence-electron chi connectivity index (χ4n) is 0.806. The number of carbonyl (C=O) groups is 3. The Hall–Kier alpha value is -2.11. The van der Waals surface area contributed by atoms with E-state index in [1.54, 1.807) is 0 Å². The lowest BCUT2D eigenvalue weighted by atomic mass is 10.3. The summed E-state index contributed by atoms with van der Waals surface area (Å²) < 4.78 is 4.89. The van der Waals surface area contributed by atoms with Crippen LogP contribution in [0.15, 0.2) is 16.5 Å². The molecule has 0 radical (unpaired) electrons. The number of ketones is 1. The van der Waals surface area contributed by atoms with E-state index in [9.17, 15) is 14.4 Å². The van der Waals surface area contributed by atoms with Crippen LogP contribution in [0.4, 0.5) is 0 Å². The van der Waals surface area contributed by atoms with Crippen molar-refractivity contribution in [1.29, 1.82) is 0 Å². The number of hydrazine groups is 1. The molecule has 0 bridgehead atoms. The molecule has 0 aliphatic rings. The molecule has 0 aliphatic heterocycles. The van der Waals surface area contributed by atoms with Gasteiger partial charge in [0, 0.05) is 6.92 Å². The predicted octanol–water partition coefficient (Wildman–Crippen LogP) is -0.127. The molecule has 74 valence electrons. The van der Waals surface area contributed by atoms with Gasteiger partial charge in [-0.1, -0.05) is 0 Å². The number of hydrogen-bond acceptors (Lipinski definition) is 4. The van der Waals surface area contributed by atoms with Crippen LogP contribution in [0.5, 0.6) is 0 Å². The zero-order valence-electron chi connectivity index (χ0n) is 7.37. The summed E-state index contributed by atoms with van der Waals surface area (Å²) in [5, 5.41) is 0. The van der Waals surface area contributed by atoms with Gasteiger partial charge in [-0.15, -0.1) is 0 Å². The lowest BCUT2D eigenvalue weighted by Crippen LogP contribution is -2.35. The van der Waals surface area contributed by atoms with Crippen molar-refractivity contribution in [3.8, 4) is 0 Å². The Morgan fingerprint density at radius 3 is 2.50 bits per heavy atom. The molecule has 0 saturated heterocycles. The van der Waals surface area contributed by atoms with Gasteiger partial charge in [-0.2, -0.15) is 0 Å². The fraction of sp³-hybridized carbons (Fsp3) is 0.125. The smallest absolute Gasteiger partial charge is 0.305 e. The Labute approximate surface area is 79.2 Å². The van der Waals surface area contributed by atoms with Gasteiger partial charge in [-0.25, -0.2) is 0 Å². The molecule has 0 spiro atoms. The van der Waals surface area contributed by atoms with Crippen LogP contribution in [0, 0.1) is 0 Å². The molecule has 0 atom stereocenters. The maximum atomic E-state index is 11.1. The van der Waals surface area contributed by atoms with Crippen molar-refractivity contribution in [1.82, 2.24) is 10.9 Å². The van der Waals surface area contributed by atoms with Gasteiger partial charge in [-0.05, 0) is 12.1 Å². The summed E-state index contributed by atoms with van der Waals surface area (Å²) in [4.78, 5) is 31.7. The van der Waals surface area contributed by atoms with E-state index in [-0.39, 0.29) is 17.3 Å². The normalized spacial score (nSPS) is 9.21. The van der Waals surface area contributed by atoms with Crippen LogP contribution in [0.25, 0.3) is 0 Å². The quantitative estimate of drug-likeness (QED) is 0.399. The number of furan rings is 1. The topological polar surface area (TPSA) is 88.4 Å². The summed E-state index contributed by atoms with van der Waals surface area (Å²) in [7, 11) is 0. The molecular formula is C8H8N2O4. The summed E-state index contributed by atoms with van der Waals surface area (Å²) in [6.07, 6.45) is 0.312. The Kier molecular flexibility index (Phi) is 3.01. The lowest BCUT2D eigenvalue weighted by Gasteiger charge is -1.97. The molecule has 0 aromatic carbocycles. The fourth-order valence-corrected chi connectivity index (χ4v) is 0.806. The Balaban J connectivity index is 2.71. The van der Waals surface area contributed by atoms with Crippen molar-refractivity contribution in [2.75, 3.05) is 0 Å². The van der Waals surface area contributed by atoms with Crippen molar-refractivity contribution in [3.63, 3.8) is 0 Å². The number of hydrogen-bond donors (Lipinski definition) is 2. The average Bonchev–Trinajstić information content (AvgIpc) is 2.62. The summed E-state index contributed by atoms with van der Waals surface area (Å²) in [6.45, 7) is 1.32. The van der Waals surface area contributed by atoms with Gasteiger partial charge in [0.2, 0.25) is 6.41 Å².